The lowest BCUT2D eigenvalue weighted by atomic mass is 9.90. The van der Waals surface area contributed by atoms with Crippen LogP contribution in [0.25, 0.3) is 0 Å². The second-order valence-corrected chi connectivity index (χ2v) is 7.04. The molecule has 1 aliphatic carbocycles. The van der Waals surface area contributed by atoms with Crippen molar-refractivity contribution in [3.05, 3.63) is 34.9 Å². The van der Waals surface area contributed by atoms with Gasteiger partial charge >= 0.3 is 6.03 Å². The Bertz CT molecular complexity index is 688. The summed E-state index contributed by atoms with van der Waals surface area (Å²) >= 11 is 0. The van der Waals surface area contributed by atoms with E-state index in [9.17, 15) is 14.4 Å². The van der Waals surface area contributed by atoms with Crippen LogP contribution in [0.5, 0.6) is 0 Å². The molecule has 0 atom stereocenters. The number of hydrogen-bond donors (Lipinski definition) is 1. The van der Waals surface area contributed by atoms with Gasteiger partial charge in [-0.1, -0.05) is 37.8 Å². The van der Waals surface area contributed by atoms with Gasteiger partial charge < -0.3 is 5.32 Å². The third-order valence-electron chi connectivity index (χ3n) is 5.33. The highest BCUT2D eigenvalue weighted by molar-refractivity contribution is 6.11. The molecular weight excluding hydrogens is 304 g/mol. The average molecular weight is 328 g/mol. The van der Waals surface area contributed by atoms with Gasteiger partial charge in [-0.2, -0.15) is 0 Å². The summed E-state index contributed by atoms with van der Waals surface area (Å²) in [5.74, 6) is -0.432. The number of hydrogen-bond acceptors (Lipinski definition) is 3. The third-order valence-corrected chi connectivity index (χ3v) is 5.33. The first-order chi connectivity index (χ1) is 11.4. The molecule has 128 valence electrons. The van der Waals surface area contributed by atoms with Crippen molar-refractivity contribution in [2.24, 2.45) is 0 Å². The largest absolute Gasteiger partial charge is 0.325 e. The topological polar surface area (TPSA) is 66.5 Å². The summed E-state index contributed by atoms with van der Waals surface area (Å²) in [6, 6.07) is 5.03. The van der Waals surface area contributed by atoms with Crippen LogP contribution in [0.2, 0.25) is 0 Å². The summed E-state index contributed by atoms with van der Waals surface area (Å²) in [6.07, 6.45) is 5.40. The number of nitrogens with zero attached hydrogens (tertiary/aromatic N) is 1. The molecule has 0 aromatic heterocycles. The summed E-state index contributed by atoms with van der Waals surface area (Å²) in [4.78, 5) is 38.7. The zero-order chi connectivity index (χ0) is 17.3. The summed E-state index contributed by atoms with van der Waals surface area (Å²) in [5, 5.41) is 2.87. The molecule has 1 saturated carbocycles. The number of carbonyl (C=O) groups is 3. The molecule has 5 nitrogen and oxygen atoms in total. The molecule has 1 spiro atoms. The zero-order valence-electron chi connectivity index (χ0n) is 14.4. The number of imide groups is 1. The maximum atomic E-state index is 12.8. The van der Waals surface area contributed by atoms with Gasteiger partial charge in [0, 0.05) is 5.56 Å². The van der Waals surface area contributed by atoms with Crippen LogP contribution in [-0.4, -0.2) is 34.7 Å². The van der Waals surface area contributed by atoms with E-state index in [2.05, 4.69) is 5.32 Å². The molecule has 24 heavy (non-hydrogen) atoms. The normalized spacial score (nSPS) is 20.2. The van der Waals surface area contributed by atoms with Gasteiger partial charge in [0.25, 0.3) is 5.91 Å². The van der Waals surface area contributed by atoms with E-state index in [0.29, 0.717) is 18.4 Å². The Morgan fingerprint density at radius 1 is 1.08 bits per heavy atom. The molecule has 1 heterocycles. The minimum atomic E-state index is -0.781. The van der Waals surface area contributed by atoms with Crippen LogP contribution in [0.15, 0.2) is 18.2 Å². The summed E-state index contributed by atoms with van der Waals surface area (Å²) in [6.45, 7) is 3.74. The molecule has 0 unspecified atom stereocenters. The molecule has 3 rings (SSSR count). The standard InChI is InChI=1S/C19H24N2O3/c1-13-7-8-15(11-14(13)2)16(22)12-21-17(23)19(20-18(21)24)9-5-3-4-6-10-19/h7-8,11H,3-6,9-10,12H2,1-2H3,(H,20,24). The fraction of sp³-hybridized carbons (Fsp3) is 0.526. The highest BCUT2D eigenvalue weighted by Gasteiger charge is 2.51. The maximum absolute atomic E-state index is 12.8. The first-order valence-electron chi connectivity index (χ1n) is 8.67. The Morgan fingerprint density at radius 3 is 2.38 bits per heavy atom. The fourth-order valence-corrected chi connectivity index (χ4v) is 3.64. The molecule has 1 saturated heterocycles. The average Bonchev–Trinajstić information content (AvgIpc) is 2.73. The van der Waals surface area contributed by atoms with Crippen molar-refractivity contribution >= 4 is 17.7 Å². The molecule has 1 aromatic carbocycles. The Morgan fingerprint density at radius 2 is 1.75 bits per heavy atom. The number of carbonyl (C=O) groups excluding carboxylic acids is 3. The molecule has 1 aromatic rings. The van der Waals surface area contributed by atoms with Crippen LogP contribution in [0.4, 0.5) is 4.79 Å². The predicted octanol–water partition coefficient (Wildman–Crippen LogP) is 3.13. The lowest BCUT2D eigenvalue weighted by Crippen LogP contribution is -2.46. The van der Waals surface area contributed by atoms with Crippen molar-refractivity contribution in [3.63, 3.8) is 0 Å². The van der Waals surface area contributed by atoms with Gasteiger partial charge in [0.2, 0.25) is 0 Å². The Balaban J connectivity index is 1.77. The quantitative estimate of drug-likeness (QED) is 0.685. The van der Waals surface area contributed by atoms with Crippen LogP contribution < -0.4 is 5.32 Å². The maximum Gasteiger partial charge on any atom is 0.325 e. The van der Waals surface area contributed by atoms with E-state index in [4.69, 9.17) is 0 Å². The second-order valence-electron chi connectivity index (χ2n) is 7.04. The van der Waals surface area contributed by atoms with E-state index in [1.807, 2.05) is 26.0 Å². The lowest BCUT2D eigenvalue weighted by Gasteiger charge is -2.24. The van der Waals surface area contributed by atoms with Crippen molar-refractivity contribution in [3.8, 4) is 0 Å². The SMILES string of the molecule is Cc1ccc(C(=O)CN2C(=O)NC3(CCCCCC3)C2=O)cc1C. The second kappa shape index (κ2) is 6.38. The van der Waals surface area contributed by atoms with Crippen LogP contribution in [0, 0.1) is 13.8 Å². The minimum Gasteiger partial charge on any atom is -0.323 e. The van der Waals surface area contributed by atoms with Gasteiger partial charge in [-0.25, -0.2) is 4.79 Å². The number of urea groups is 1. The van der Waals surface area contributed by atoms with Crippen molar-refractivity contribution < 1.29 is 14.4 Å². The molecule has 1 aliphatic heterocycles. The van der Waals surface area contributed by atoms with Gasteiger partial charge in [-0.3, -0.25) is 14.5 Å². The van der Waals surface area contributed by atoms with Crippen LogP contribution in [0.1, 0.15) is 60.0 Å². The molecule has 0 bridgehead atoms. The molecule has 2 fully saturated rings. The van der Waals surface area contributed by atoms with Gasteiger partial charge in [-0.05, 0) is 43.9 Å². The molecule has 0 radical (unpaired) electrons. The smallest absolute Gasteiger partial charge is 0.323 e. The van der Waals surface area contributed by atoms with E-state index in [0.717, 1.165) is 41.7 Å². The highest BCUT2D eigenvalue weighted by Crippen LogP contribution is 2.32. The number of rotatable bonds is 3. The van der Waals surface area contributed by atoms with E-state index >= 15 is 0 Å². The first-order valence-corrected chi connectivity index (χ1v) is 8.67. The van der Waals surface area contributed by atoms with Gasteiger partial charge in [-0.15, -0.1) is 0 Å². The Kier molecular flexibility index (Phi) is 4.43. The Hall–Kier alpha value is -2.17. The minimum absolute atomic E-state index is 0.186. The van der Waals surface area contributed by atoms with E-state index < -0.39 is 11.6 Å². The van der Waals surface area contributed by atoms with E-state index in [1.54, 1.807) is 6.07 Å². The summed E-state index contributed by atoms with van der Waals surface area (Å²) in [7, 11) is 0. The number of amides is 3. The van der Waals surface area contributed by atoms with Crippen LogP contribution >= 0.6 is 0 Å². The molecule has 5 heteroatoms. The number of Topliss-reactive ketones (excluding diaryl/α,β-unsaturated/α-hetero) is 1. The molecule has 2 aliphatic rings. The van der Waals surface area contributed by atoms with Gasteiger partial charge in [0.15, 0.2) is 5.78 Å². The number of benzene rings is 1. The summed E-state index contributed by atoms with van der Waals surface area (Å²) < 4.78 is 0. The van der Waals surface area contributed by atoms with Crippen molar-refractivity contribution in [1.29, 1.82) is 0 Å². The highest BCUT2D eigenvalue weighted by atomic mass is 16.2. The zero-order valence-corrected chi connectivity index (χ0v) is 14.4. The fourth-order valence-electron chi connectivity index (χ4n) is 3.64. The van der Waals surface area contributed by atoms with Crippen LogP contribution in [0.3, 0.4) is 0 Å². The van der Waals surface area contributed by atoms with Gasteiger partial charge in [0.1, 0.15) is 5.54 Å². The summed E-state index contributed by atoms with van der Waals surface area (Å²) in [5.41, 5.74) is 1.90. The van der Waals surface area contributed by atoms with Gasteiger partial charge in [0.05, 0.1) is 6.54 Å². The van der Waals surface area contributed by atoms with Crippen molar-refractivity contribution in [2.75, 3.05) is 6.54 Å². The van der Waals surface area contributed by atoms with E-state index in [-0.39, 0.29) is 18.2 Å². The molecular formula is C19H24N2O3. The lowest BCUT2D eigenvalue weighted by molar-refractivity contribution is -0.131. The molecule has 1 N–H and O–H groups in total. The van der Waals surface area contributed by atoms with Crippen molar-refractivity contribution in [2.45, 2.75) is 57.9 Å². The number of aryl methyl sites for hydroxylation is 2. The van der Waals surface area contributed by atoms with Crippen molar-refractivity contribution in [1.82, 2.24) is 10.2 Å². The van der Waals surface area contributed by atoms with E-state index in [1.165, 1.54) is 0 Å². The van der Waals surface area contributed by atoms with Crippen LogP contribution in [-0.2, 0) is 4.79 Å². The molecule has 3 amide bonds. The number of ketones is 1. The monoisotopic (exact) mass is 328 g/mol. The number of nitrogens with one attached hydrogen (secondary N) is 1. The predicted molar refractivity (Wildman–Crippen MR) is 90.9 cm³/mol. The third kappa shape index (κ3) is 2.95. The first kappa shape index (κ1) is 16.7. The Labute approximate surface area is 142 Å².